The van der Waals surface area contributed by atoms with Crippen molar-refractivity contribution in [2.24, 2.45) is 0 Å². The number of hydrogen-bond donors (Lipinski definition) is 2. The Bertz CT molecular complexity index is 461. The van der Waals surface area contributed by atoms with E-state index in [0.717, 1.165) is 0 Å². The second-order valence-electron chi connectivity index (χ2n) is 3.76. The van der Waals surface area contributed by atoms with E-state index in [-0.39, 0.29) is 6.42 Å². The summed E-state index contributed by atoms with van der Waals surface area (Å²) in [7, 11) is 1.49. The first kappa shape index (κ1) is 14.3. The highest BCUT2D eigenvalue weighted by Crippen LogP contribution is 2.22. The second-order valence-corrected chi connectivity index (χ2v) is 4.20. The molecule has 1 amide bonds. The maximum Gasteiger partial charge on any atom is 0.325 e. The molecule has 0 saturated carbocycles. The Morgan fingerprint density at radius 3 is 2.72 bits per heavy atom. The number of carbonyl (C=O) groups is 2. The Morgan fingerprint density at radius 1 is 1.50 bits per heavy atom. The number of aliphatic carboxylic acids is 1. The summed E-state index contributed by atoms with van der Waals surface area (Å²) in [6.45, 7) is 1.40. The number of rotatable bonds is 5. The second kappa shape index (κ2) is 6.26. The number of carboxylic acids is 1. The Labute approximate surface area is 110 Å². The van der Waals surface area contributed by atoms with Crippen molar-refractivity contribution >= 4 is 23.5 Å². The molecule has 0 aliphatic carbocycles. The van der Waals surface area contributed by atoms with E-state index in [2.05, 4.69) is 5.32 Å². The van der Waals surface area contributed by atoms with Crippen LogP contribution in [0, 0.1) is 0 Å². The van der Waals surface area contributed by atoms with Crippen LogP contribution in [0.15, 0.2) is 18.2 Å². The highest BCUT2D eigenvalue weighted by molar-refractivity contribution is 6.30. The Kier molecular flexibility index (Phi) is 4.97. The van der Waals surface area contributed by atoms with E-state index in [9.17, 15) is 9.59 Å². The van der Waals surface area contributed by atoms with Crippen LogP contribution in [0.2, 0.25) is 5.02 Å². The molecule has 6 heteroatoms. The van der Waals surface area contributed by atoms with E-state index >= 15 is 0 Å². The summed E-state index contributed by atoms with van der Waals surface area (Å²) >= 11 is 5.83. The average Bonchev–Trinajstić information content (AvgIpc) is 2.28. The predicted octanol–water partition coefficient (Wildman–Crippen LogP) is 1.48. The van der Waals surface area contributed by atoms with E-state index in [0.29, 0.717) is 16.3 Å². The van der Waals surface area contributed by atoms with Crippen LogP contribution < -0.4 is 10.1 Å². The fourth-order valence-corrected chi connectivity index (χ4v) is 1.61. The lowest BCUT2D eigenvalue weighted by molar-refractivity contribution is -0.141. The molecule has 18 heavy (non-hydrogen) atoms. The largest absolute Gasteiger partial charge is 0.496 e. The quantitative estimate of drug-likeness (QED) is 0.851. The molecular formula is C12H14ClNO4. The highest BCUT2D eigenvalue weighted by Gasteiger charge is 2.15. The summed E-state index contributed by atoms with van der Waals surface area (Å²) in [5, 5.41) is 11.5. The molecule has 1 unspecified atom stereocenters. The van der Waals surface area contributed by atoms with E-state index < -0.39 is 17.9 Å². The van der Waals surface area contributed by atoms with E-state index in [1.807, 2.05) is 0 Å². The van der Waals surface area contributed by atoms with Crippen molar-refractivity contribution in [1.29, 1.82) is 0 Å². The van der Waals surface area contributed by atoms with E-state index in [4.69, 9.17) is 21.4 Å². The van der Waals surface area contributed by atoms with E-state index in [1.54, 1.807) is 18.2 Å². The summed E-state index contributed by atoms with van der Waals surface area (Å²) in [6.07, 6.45) is 0.0152. The van der Waals surface area contributed by atoms with Gasteiger partial charge in [0.15, 0.2) is 0 Å². The van der Waals surface area contributed by atoms with Gasteiger partial charge >= 0.3 is 5.97 Å². The molecule has 0 bridgehead atoms. The summed E-state index contributed by atoms with van der Waals surface area (Å²) in [5.41, 5.74) is 0.611. The molecule has 0 fully saturated rings. The summed E-state index contributed by atoms with van der Waals surface area (Å²) in [4.78, 5) is 22.2. The monoisotopic (exact) mass is 271 g/mol. The molecule has 5 nitrogen and oxygen atoms in total. The van der Waals surface area contributed by atoms with Crippen molar-refractivity contribution in [3.8, 4) is 5.75 Å². The minimum absolute atomic E-state index is 0.0152. The molecule has 2 N–H and O–H groups in total. The summed E-state index contributed by atoms with van der Waals surface area (Å²) in [5.74, 6) is -0.940. The zero-order valence-corrected chi connectivity index (χ0v) is 10.8. The fourth-order valence-electron chi connectivity index (χ4n) is 1.41. The van der Waals surface area contributed by atoms with Crippen molar-refractivity contribution in [2.45, 2.75) is 19.4 Å². The highest BCUT2D eigenvalue weighted by atomic mass is 35.5. The topological polar surface area (TPSA) is 75.6 Å². The molecule has 0 spiro atoms. The van der Waals surface area contributed by atoms with Crippen LogP contribution in [0.5, 0.6) is 5.75 Å². The standard InChI is InChI=1S/C12H14ClNO4/c1-7(12(16)17)14-11(15)6-8-5-9(13)3-4-10(8)18-2/h3-5,7H,6H2,1-2H3,(H,14,15)(H,16,17). The van der Waals surface area contributed by atoms with Gasteiger partial charge in [-0.15, -0.1) is 0 Å². The Hall–Kier alpha value is -1.75. The number of ether oxygens (including phenoxy) is 1. The zero-order valence-electron chi connectivity index (χ0n) is 10.1. The van der Waals surface area contributed by atoms with Crippen molar-refractivity contribution < 1.29 is 19.4 Å². The maximum atomic E-state index is 11.6. The van der Waals surface area contributed by atoms with Gasteiger partial charge in [-0.05, 0) is 25.1 Å². The average molecular weight is 272 g/mol. The molecule has 0 saturated heterocycles. The smallest absolute Gasteiger partial charge is 0.325 e. The van der Waals surface area contributed by atoms with Gasteiger partial charge < -0.3 is 15.2 Å². The molecule has 1 aromatic carbocycles. The normalized spacial score (nSPS) is 11.7. The van der Waals surface area contributed by atoms with Crippen LogP contribution in [0.25, 0.3) is 0 Å². The first-order valence-electron chi connectivity index (χ1n) is 5.28. The first-order chi connectivity index (χ1) is 8.43. The number of amides is 1. The van der Waals surface area contributed by atoms with Crippen LogP contribution in [0.4, 0.5) is 0 Å². The Morgan fingerprint density at radius 2 is 2.17 bits per heavy atom. The van der Waals surface area contributed by atoms with Gasteiger partial charge in [-0.1, -0.05) is 11.6 Å². The van der Waals surface area contributed by atoms with Gasteiger partial charge in [0.25, 0.3) is 0 Å². The van der Waals surface area contributed by atoms with Gasteiger partial charge in [-0.2, -0.15) is 0 Å². The van der Waals surface area contributed by atoms with Gasteiger partial charge in [0.1, 0.15) is 11.8 Å². The first-order valence-corrected chi connectivity index (χ1v) is 5.66. The van der Waals surface area contributed by atoms with Crippen molar-refractivity contribution in [3.63, 3.8) is 0 Å². The number of methoxy groups -OCH3 is 1. The zero-order chi connectivity index (χ0) is 13.7. The van der Waals surface area contributed by atoms with Gasteiger partial charge in [-0.25, -0.2) is 0 Å². The third-order valence-corrected chi connectivity index (χ3v) is 2.58. The van der Waals surface area contributed by atoms with E-state index in [1.165, 1.54) is 14.0 Å². The summed E-state index contributed by atoms with van der Waals surface area (Å²) in [6, 6.07) is 4.00. The molecule has 1 atom stereocenters. The van der Waals surface area contributed by atoms with Gasteiger partial charge in [0.2, 0.25) is 5.91 Å². The van der Waals surface area contributed by atoms with Crippen LogP contribution in [0.3, 0.4) is 0 Å². The number of halogens is 1. The number of hydrogen-bond acceptors (Lipinski definition) is 3. The van der Waals surface area contributed by atoms with Crippen LogP contribution in [0.1, 0.15) is 12.5 Å². The predicted molar refractivity (Wildman–Crippen MR) is 66.9 cm³/mol. The lowest BCUT2D eigenvalue weighted by Crippen LogP contribution is -2.39. The molecule has 1 aromatic rings. The molecule has 0 aromatic heterocycles. The SMILES string of the molecule is COc1ccc(Cl)cc1CC(=O)NC(C)C(=O)O. The minimum atomic E-state index is -1.08. The van der Waals surface area contributed by atoms with Gasteiger partial charge in [0, 0.05) is 10.6 Å². The van der Waals surface area contributed by atoms with Crippen molar-refractivity contribution in [1.82, 2.24) is 5.32 Å². The lowest BCUT2D eigenvalue weighted by atomic mass is 10.1. The summed E-state index contributed by atoms with van der Waals surface area (Å²) < 4.78 is 5.10. The molecule has 0 aliphatic heterocycles. The third kappa shape index (κ3) is 3.92. The number of nitrogens with one attached hydrogen (secondary N) is 1. The van der Waals surface area contributed by atoms with Crippen LogP contribution >= 0.6 is 11.6 Å². The third-order valence-electron chi connectivity index (χ3n) is 2.34. The number of carbonyl (C=O) groups excluding carboxylic acids is 1. The Balaban J connectivity index is 2.75. The number of benzene rings is 1. The minimum Gasteiger partial charge on any atom is -0.496 e. The van der Waals surface area contributed by atoms with Crippen LogP contribution in [-0.4, -0.2) is 30.1 Å². The lowest BCUT2D eigenvalue weighted by Gasteiger charge is -2.11. The number of carboxylic acid groups (broad SMARTS) is 1. The molecule has 0 aliphatic rings. The molecular weight excluding hydrogens is 258 g/mol. The molecule has 0 radical (unpaired) electrons. The molecule has 1 rings (SSSR count). The van der Waals surface area contributed by atoms with Crippen molar-refractivity contribution in [3.05, 3.63) is 28.8 Å². The van der Waals surface area contributed by atoms with Crippen molar-refractivity contribution in [2.75, 3.05) is 7.11 Å². The van der Waals surface area contributed by atoms with Gasteiger partial charge in [0.05, 0.1) is 13.5 Å². The van der Waals surface area contributed by atoms with Crippen LogP contribution in [-0.2, 0) is 16.0 Å². The maximum absolute atomic E-state index is 11.6. The fraction of sp³-hybridized carbons (Fsp3) is 0.333. The molecule has 98 valence electrons. The molecule has 0 heterocycles. The van der Waals surface area contributed by atoms with Gasteiger partial charge in [-0.3, -0.25) is 9.59 Å².